The molecule has 88 valence electrons. The van der Waals surface area contributed by atoms with E-state index in [-0.39, 0.29) is 0 Å². The number of nitrogens with two attached hydrogens (primary N) is 1. The lowest BCUT2D eigenvalue weighted by Crippen LogP contribution is -2.16. The first-order valence-electron chi connectivity index (χ1n) is 5.98. The van der Waals surface area contributed by atoms with Crippen LogP contribution in [0.3, 0.4) is 0 Å². The van der Waals surface area contributed by atoms with Crippen LogP contribution in [0.5, 0.6) is 5.75 Å². The molecule has 1 aliphatic carbocycles. The third-order valence-electron chi connectivity index (χ3n) is 3.89. The lowest BCUT2D eigenvalue weighted by molar-refractivity contribution is 0.320. The highest BCUT2D eigenvalue weighted by Gasteiger charge is 2.36. The van der Waals surface area contributed by atoms with E-state index in [1.54, 1.807) is 7.11 Å². The van der Waals surface area contributed by atoms with Crippen LogP contribution in [-0.4, -0.2) is 7.11 Å². The normalized spacial score (nSPS) is 23.3. The summed E-state index contributed by atoms with van der Waals surface area (Å²) in [6.45, 7) is 4.70. The number of ether oxygens (including phenoxy) is 1. The molecule has 0 bridgehead atoms. The molecular weight excluding hydrogens is 198 g/mol. The van der Waals surface area contributed by atoms with Crippen LogP contribution in [0.1, 0.15) is 44.6 Å². The van der Waals surface area contributed by atoms with Gasteiger partial charge in [-0.05, 0) is 35.8 Å². The number of hydrogen-bond donors (Lipinski definition) is 1. The largest absolute Gasteiger partial charge is 0.496 e. The average molecular weight is 219 g/mol. The Morgan fingerprint density at radius 3 is 2.69 bits per heavy atom. The van der Waals surface area contributed by atoms with Gasteiger partial charge in [0.1, 0.15) is 5.75 Å². The lowest BCUT2D eigenvalue weighted by Gasteiger charge is -2.28. The molecule has 0 aromatic heterocycles. The Morgan fingerprint density at radius 2 is 2.12 bits per heavy atom. The molecule has 2 nitrogen and oxygen atoms in total. The number of methoxy groups -OCH3 is 1. The fraction of sp³-hybridized carbons (Fsp3) is 0.571. The summed E-state index contributed by atoms with van der Waals surface area (Å²) in [5, 5.41) is 0. The molecule has 1 aromatic rings. The second kappa shape index (κ2) is 4.00. The highest BCUT2D eigenvalue weighted by molar-refractivity contribution is 5.50. The van der Waals surface area contributed by atoms with Crippen molar-refractivity contribution in [1.82, 2.24) is 0 Å². The van der Waals surface area contributed by atoms with Crippen molar-refractivity contribution in [2.75, 3.05) is 12.8 Å². The minimum Gasteiger partial charge on any atom is -0.496 e. The van der Waals surface area contributed by atoms with E-state index < -0.39 is 0 Å². The molecule has 1 unspecified atom stereocenters. The summed E-state index contributed by atoms with van der Waals surface area (Å²) in [6, 6.07) is 6.04. The Bertz CT molecular complexity index is 384. The second-order valence-corrected chi connectivity index (χ2v) is 5.43. The first kappa shape index (κ1) is 11.3. The highest BCUT2D eigenvalue weighted by atomic mass is 16.5. The number of rotatable bonds is 2. The van der Waals surface area contributed by atoms with Crippen molar-refractivity contribution in [3.63, 3.8) is 0 Å². The highest BCUT2D eigenvalue weighted by Crippen LogP contribution is 2.51. The molecule has 2 N–H and O–H groups in total. The van der Waals surface area contributed by atoms with Crippen LogP contribution >= 0.6 is 0 Å². The van der Waals surface area contributed by atoms with Gasteiger partial charge in [0.05, 0.1) is 7.11 Å². The molecule has 16 heavy (non-hydrogen) atoms. The first-order chi connectivity index (χ1) is 7.54. The summed E-state index contributed by atoms with van der Waals surface area (Å²) in [5.74, 6) is 1.54. The van der Waals surface area contributed by atoms with Gasteiger partial charge in [0.15, 0.2) is 0 Å². The van der Waals surface area contributed by atoms with Gasteiger partial charge in [-0.1, -0.05) is 26.3 Å². The van der Waals surface area contributed by atoms with Crippen LogP contribution in [0.25, 0.3) is 0 Å². The smallest absolute Gasteiger partial charge is 0.124 e. The number of nitrogen functional groups attached to an aromatic ring is 1. The Kier molecular flexibility index (Phi) is 2.83. The molecule has 1 fully saturated rings. The summed E-state index contributed by atoms with van der Waals surface area (Å²) >= 11 is 0. The summed E-state index contributed by atoms with van der Waals surface area (Å²) < 4.78 is 5.45. The van der Waals surface area contributed by atoms with Gasteiger partial charge in [0.2, 0.25) is 0 Å². The van der Waals surface area contributed by atoms with Crippen LogP contribution < -0.4 is 10.5 Å². The van der Waals surface area contributed by atoms with Crippen LogP contribution in [0.2, 0.25) is 0 Å². The first-order valence-corrected chi connectivity index (χ1v) is 5.98. The summed E-state index contributed by atoms with van der Waals surface area (Å²) in [4.78, 5) is 0. The number of hydrogen-bond acceptors (Lipinski definition) is 2. The van der Waals surface area contributed by atoms with Crippen LogP contribution in [0.15, 0.2) is 18.2 Å². The van der Waals surface area contributed by atoms with E-state index in [2.05, 4.69) is 19.9 Å². The predicted molar refractivity (Wildman–Crippen MR) is 67.8 cm³/mol. The molecule has 0 radical (unpaired) electrons. The molecule has 2 rings (SSSR count). The monoisotopic (exact) mass is 219 g/mol. The van der Waals surface area contributed by atoms with Crippen molar-refractivity contribution in [2.24, 2.45) is 5.41 Å². The van der Waals surface area contributed by atoms with Gasteiger partial charge >= 0.3 is 0 Å². The predicted octanol–water partition coefficient (Wildman–Crippen LogP) is 3.57. The topological polar surface area (TPSA) is 35.2 Å². The minimum absolute atomic E-state index is 0.378. The molecule has 0 amide bonds. The number of anilines is 1. The number of benzene rings is 1. The quantitative estimate of drug-likeness (QED) is 0.772. The van der Waals surface area contributed by atoms with Gasteiger partial charge in [-0.2, -0.15) is 0 Å². The molecule has 0 spiro atoms. The van der Waals surface area contributed by atoms with Crippen molar-refractivity contribution >= 4 is 5.69 Å². The van der Waals surface area contributed by atoms with Crippen molar-refractivity contribution in [2.45, 2.75) is 39.0 Å². The third-order valence-corrected chi connectivity index (χ3v) is 3.89. The fourth-order valence-corrected chi connectivity index (χ4v) is 2.92. The molecule has 0 saturated heterocycles. The Labute approximate surface area is 97.8 Å². The van der Waals surface area contributed by atoms with Gasteiger partial charge in [-0.15, -0.1) is 0 Å². The van der Waals surface area contributed by atoms with Crippen LogP contribution in [0, 0.1) is 5.41 Å². The van der Waals surface area contributed by atoms with E-state index in [4.69, 9.17) is 10.5 Å². The van der Waals surface area contributed by atoms with Gasteiger partial charge in [0, 0.05) is 11.8 Å². The zero-order chi connectivity index (χ0) is 11.8. The maximum atomic E-state index is 5.79. The molecule has 1 saturated carbocycles. The third kappa shape index (κ3) is 1.89. The molecule has 0 aliphatic heterocycles. The molecular formula is C14H21NO. The zero-order valence-corrected chi connectivity index (χ0v) is 10.4. The van der Waals surface area contributed by atoms with Crippen molar-refractivity contribution in [3.05, 3.63) is 23.8 Å². The van der Waals surface area contributed by atoms with E-state index >= 15 is 0 Å². The lowest BCUT2D eigenvalue weighted by atomic mass is 9.77. The van der Waals surface area contributed by atoms with Crippen LogP contribution in [0.4, 0.5) is 5.69 Å². The maximum absolute atomic E-state index is 5.79. The van der Waals surface area contributed by atoms with E-state index in [1.807, 2.05) is 12.1 Å². The maximum Gasteiger partial charge on any atom is 0.124 e. The van der Waals surface area contributed by atoms with Crippen molar-refractivity contribution in [3.8, 4) is 5.75 Å². The van der Waals surface area contributed by atoms with E-state index in [1.165, 1.54) is 24.8 Å². The van der Waals surface area contributed by atoms with Gasteiger partial charge in [-0.3, -0.25) is 0 Å². The summed E-state index contributed by atoms with van der Waals surface area (Å²) in [7, 11) is 1.72. The Morgan fingerprint density at radius 1 is 1.38 bits per heavy atom. The molecule has 1 aliphatic rings. The van der Waals surface area contributed by atoms with Crippen molar-refractivity contribution < 1.29 is 4.74 Å². The SMILES string of the molecule is COc1cc(N)ccc1C1CCCC1(C)C. The van der Waals surface area contributed by atoms with Gasteiger partial charge in [-0.25, -0.2) is 0 Å². The van der Waals surface area contributed by atoms with E-state index in [9.17, 15) is 0 Å². The van der Waals surface area contributed by atoms with Crippen LogP contribution in [-0.2, 0) is 0 Å². The van der Waals surface area contributed by atoms with E-state index in [0.717, 1.165) is 11.4 Å². The average Bonchev–Trinajstić information content (AvgIpc) is 2.58. The standard InChI is InChI=1S/C14H21NO/c1-14(2)8-4-5-12(14)11-7-6-10(15)9-13(11)16-3/h6-7,9,12H,4-5,8,15H2,1-3H3. The zero-order valence-electron chi connectivity index (χ0n) is 10.4. The molecule has 1 aromatic carbocycles. The van der Waals surface area contributed by atoms with Crippen molar-refractivity contribution in [1.29, 1.82) is 0 Å². The Hall–Kier alpha value is -1.18. The second-order valence-electron chi connectivity index (χ2n) is 5.43. The molecule has 2 heteroatoms. The van der Waals surface area contributed by atoms with Gasteiger partial charge < -0.3 is 10.5 Å². The fourth-order valence-electron chi connectivity index (χ4n) is 2.92. The summed E-state index contributed by atoms with van der Waals surface area (Å²) in [6.07, 6.45) is 3.86. The Balaban J connectivity index is 2.40. The van der Waals surface area contributed by atoms with Gasteiger partial charge in [0.25, 0.3) is 0 Å². The minimum atomic E-state index is 0.378. The van der Waals surface area contributed by atoms with E-state index in [0.29, 0.717) is 11.3 Å². The molecule has 1 atom stereocenters. The molecule has 0 heterocycles. The summed E-state index contributed by atoms with van der Waals surface area (Å²) in [5.41, 5.74) is 8.26.